The molecule has 0 aliphatic rings. The van der Waals surface area contributed by atoms with Crippen LogP contribution in [0.15, 0.2) is 36.4 Å². The Morgan fingerprint density at radius 3 is 2.00 bits per heavy atom. The van der Waals surface area contributed by atoms with Gasteiger partial charge in [-0.25, -0.2) is 0 Å². The third-order valence-electron chi connectivity index (χ3n) is 3.29. The van der Waals surface area contributed by atoms with Crippen molar-refractivity contribution in [2.75, 3.05) is 14.2 Å². The molecule has 0 aliphatic heterocycles. The van der Waals surface area contributed by atoms with Gasteiger partial charge in [-0.3, -0.25) is 0 Å². The zero-order chi connectivity index (χ0) is 14.7. The van der Waals surface area contributed by atoms with Crippen molar-refractivity contribution >= 4 is 17.1 Å². The van der Waals surface area contributed by atoms with Gasteiger partial charge in [0.1, 0.15) is 0 Å². The van der Waals surface area contributed by atoms with Crippen LogP contribution in [0.4, 0.5) is 0 Å². The zero-order valence-corrected chi connectivity index (χ0v) is 13.0. The van der Waals surface area contributed by atoms with Crippen LogP contribution in [0.5, 0.6) is 11.5 Å². The van der Waals surface area contributed by atoms with E-state index in [0.29, 0.717) is 5.75 Å². The van der Waals surface area contributed by atoms with E-state index >= 15 is 0 Å². The molecule has 0 unspecified atom stereocenters. The lowest BCUT2D eigenvalue weighted by Crippen LogP contribution is -2.04. The molecule has 2 rings (SSSR count). The van der Waals surface area contributed by atoms with Crippen LogP contribution in [0.3, 0.4) is 0 Å². The van der Waals surface area contributed by atoms with E-state index in [-0.39, 0.29) is 0 Å². The van der Waals surface area contributed by atoms with Crippen LogP contribution in [0.25, 0.3) is 0 Å². The van der Waals surface area contributed by atoms with Crippen molar-refractivity contribution in [3.63, 3.8) is 0 Å². The summed E-state index contributed by atoms with van der Waals surface area (Å²) in [6.07, 6.45) is 0. The molecular weight excluding hydrogens is 268 g/mol. The van der Waals surface area contributed by atoms with Crippen molar-refractivity contribution in [1.29, 1.82) is 0 Å². The molecular formula is C17H18O2S. The average Bonchev–Trinajstić information content (AvgIpc) is 2.47. The number of rotatable bonds is 4. The molecule has 0 atom stereocenters. The largest absolute Gasteiger partial charge is 0.493 e. The summed E-state index contributed by atoms with van der Waals surface area (Å²) in [5.74, 6) is 1.42. The first-order valence-corrected chi connectivity index (χ1v) is 6.81. The molecule has 20 heavy (non-hydrogen) atoms. The number of thiocarbonyl (C=S) groups is 1. The third-order valence-corrected chi connectivity index (χ3v) is 3.74. The van der Waals surface area contributed by atoms with Crippen LogP contribution < -0.4 is 9.47 Å². The van der Waals surface area contributed by atoms with Gasteiger partial charge in [-0.15, -0.1) is 0 Å². The summed E-state index contributed by atoms with van der Waals surface area (Å²) >= 11 is 5.61. The Hall–Kier alpha value is -1.87. The van der Waals surface area contributed by atoms with E-state index in [2.05, 4.69) is 19.1 Å². The standard InChI is InChI=1S/C17H18O2S/c1-11-5-7-13(8-6-11)17(20)14-10-16(19-4)15(18-3)9-12(14)2/h5-10H,1-4H3. The lowest BCUT2D eigenvalue weighted by molar-refractivity contribution is 0.354. The molecule has 0 fully saturated rings. The van der Waals surface area contributed by atoms with Crippen molar-refractivity contribution < 1.29 is 9.47 Å². The predicted molar refractivity (Wildman–Crippen MR) is 86.3 cm³/mol. The topological polar surface area (TPSA) is 18.5 Å². The van der Waals surface area contributed by atoms with Crippen molar-refractivity contribution in [1.82, 2.24) is 0 Å². The maximum absolute atomic E-state index is 5.61. The summed E-state index contributed by atoms with van der Waals surface area (Å²) in [6, 6.07) is 12.1. The van der Waals surface area contributed by atoms with E-state index in [1.54, 1.807) is 14.2 Å². The van der Waals surface area contributed by atoms with Crippen molar-refractivity contribution in [3.8, 4) is 11.5 Å². The van der Waals surface area contributed by atoms with Gasteiger partial charge in [-0.1, -0.05) is 42.0 Å². The molecule has 2 aromatic rings. The second-order valence-corrected chi connectivity index (χ2v) is 5.13. The van der Waals surface area contributed by atoms with Gasteiger partial charge in [0.25, 0.3) is 0 Å². The molecule has 104 valence electrons. The summed E-state index contributed by atoms with van der Waals surface area (Å²) in [7, 11) is 3.27. The smallest absolute Gasteiger partial charge is 0.161 e. The molecule has 0 amide bonds. The molecule has 0 aromatic heterocycles. The molecule has 0 heterocycles. The van der Waals surface area contributed by atoms with E-state index < -0.39 is 0 Å². The quantitative estimate of drug-likeness (QED) is 0.623. The lowest BCUT2D eigenvalue weighted by atomic mass is 9.99. The molecule has 0 saturated carbocycles. The molecule has 0 spiro atoms. The van der Waals surface area contributed by atoms with Crippen molar-refractivity contribution in [2.45, 2.75) is 13.8 Å². The molecule has 2 nitrogen and oxygen atoms in total. The number of aryl methyl sites for hydroxylation is 2. The summed E-state index contributed by atoms with van der Waals surface area (Å²) in [6.45, 7) is 4.09. The maximum Gasteiger partial charge on any atom is 0.161 e. The van der Waals surface area contributed by atoms with Gasteiger partial charge >= 0.3 is 0 Å². The molecule has 0 saturated heterocycles. The second kappa shape index (κ2) is 6.06. The second-order valence-electron chi connectivity index (χ2n) is 4.72. The van der Waals surface area contributed by atoms with Crippen LogP contribution >= 0.6 is 12.2 Å². The molecule has 0 N–H and O–H groups in total. The fourth-order valence-corrected chi connectivity index (χ4v) is 2.44. The van der Waals surface area contributed by atoms with E-state index in [1.807, 2.05) is 31.2 Å². The van der Waals surface area contributed by atoms with Gasteiger partial charge in [0.2, 0.25) is 0 Å². The molecule has 3 heteroatoms. The highest BCUT2D eigenvalue weighted by molar-refractivity contribution is 7.81. The Morgan fingerprint density at radius 2 is 1.45 bits per heavy atom. The molecule has 0 bridgehead atoms. The third kappa shape index (κ3) is 2.83. The summed E-state index contributed by atoms with van der Waals surface area (Å²) in [4.78, 5) is 0.823. The highest BCUT2D eigenvalue weighted by Gasteiger charge is 2.13. The average molecular weight is 286 g/mol. The summed E-state index contributed by atoms with van der Waals surface area (Å²) in [5.41, 5.74) is 4.34. The Balaban J connectivity index is 2.46. The highest BCUT2D eigenvalue weighted by Crippen LogP contribution is 2.31. The summed E-state index contributed by atoms with van der Waals surface area (Å²) in [5, 5.41) is 0. The van der Waals surface area contributed by atoms with Gasteiger partial charge in [0.15, 0.2) is 11.5 Å². The first-order valence-electron chi connectivity index (χ1n) is 6.40. The lowest BCUT2D eigenvalue weighted by Gasteiger charge is -2.13. The van der Waals surface area contributed by atoms with Gasteiger partial charge in [-0.2, -0.15) is 0 Å². The van der Waals surface area contributed by atoms with Gasteiger partial charge in [0, 0.05) is 0 Å². The monoisotopic (exact) mass is 286 g/mol. The van der Waals surface area contributed by atoms with E-state index in [1.165, 1.54) is 5.56 Å². The van der Waals surface area contributed by atoms with Crippen molar-refractivity contribution in [3.05, 3.63) is 58.7 Å². The van der Waals surface area contributed by atoms with Gasteiger partial charge in [-0.05, 0) is 42.7 Å². The first-order chi connectivity index (χ1) is 9.56. The molecule has 0 radical (unpaired) electrons. The van der Waals surface area contributed by atoms with Crippen LogP contribution in [0.1, 0.15) is 22.3 Å². The minimum Gasteiger partial charge on any atom is -0.493 e. The predicted octanol–water partition coefficient (Wildman–Crippen LogP) is 4.09. The molecule has 2 aromatic carbocycles. The highest BCUT2D eigenvalue weighted by atomic mass is 32.1. The van der Waals surface area contributed by atoms with Crippen LogP contribution in [-0.4, -0.2) is 19.1 Å². The minimum absolute atomic E-state index is 0.697. The van der Waals surface area contributed by atoms with Crippen LogP contribution in [0, 0.1) is 13.8 Å². The normalized spacial score (nSPS) is 10.2. The fourth-order valence-electron chi connectivity index (χ4n) is 2.09. The van der Waals surface area contributed by atoms with E-state index in [9.17, 15) is 0 Å². The van der Waals surface area contributed by atoms with Crippen LogP contribution in [-0.2, 0) is 0 Å². The first kappa shape index (κ1) is 14.5. The zero-order valence-electron chi connectivity index (χ0n) is 12.2. The van der Waals surface area contributed by atoms with Crippen molar-refractivity contribution in [2.24, 2.45) is 0 Å². The SMILES string of the molecule is COc1cc(C)c(C(=S)c2ccc(C)cc2)cc1OC. The van der Waals surface area contributed by atoms with Gasteiger partial charge < -0.3 is 9.47 Å². The Kier molecular flexibility index (Phi) is 4.40. The Bertz CT molecular complexity index is 630. The Labute approximate surface area is 125 Å². The maximum atomic E-state index is 5.61. The van der Waals surface area contributed by atoms with Crippen LogP contribution in [0.2, 0.25) is 0 Å². The number of ether oxygens (including phenoxy) is 2. The number of benzene rings is 2. The molecule has 0 aliphatic carbocycles. The minimum atomic E-state index is 0.697. The fraction of sp³-hybridized carbons (Fsp3) is 0.235. The number of methoxy groups -OCH3 is 2. The summed E-state index contributed by atoms with van der Waals surface area (Å²) < 4.78 is 10.7. The Morgan fingerprint density at radius 1 is 0.900 bits per heavy atom. The van der Waals surface area contributed by atoms with E-state index in [0.717, 1.165) is 27.3 Å². The number of hydrogen-bond acceptors (Lipinski definition) is 3. The van der Waals surface area contributed by atoms with Gasteiger partial charge in [0.05, 0.1) is 19.1 Å². The van der Waals surface area contributed by atoms with E-state index in [4.69, 9.17) is 21.7 Å². The number of hydrogen-bond donors (Lipinski definition) is 0.